The van der Waals surface area contributed by atoms with Gasteiger partial charge < -0.3 is 9.30 Å². The van der Waals surface area contributed by atoms with Crippen molar-refractivity contribution in [1.29, 1.82) is 0 Å². The molecule has 2 rings (SSSR count). The number of aromatic amines is 1. The molecular weight excluding hydrogens is 272 g/mol. The number of hydrogen-bond donors (Lipinski definition) is 1. The third-order valence-electron chi connectivity index (χ3n) is 3.07. The average molecular weight is 290 g/mol. The summed E-state index contributed by atoms with van der Waals surface area (Å²) >= 11 is 5.12. The standard InChI is InChI=1S/C15H18N2O2S/c1-2-13-10-17(15(20)16-14(13)18)11-19-9-8-12-6-4-3-5-7-12/h3-7,10H,2,8-9,11H2,1H3,(H,16,18,20). The summed E-state index contributed by atoms with van der Waals surface area (Å²) in [5.41, 5.74) is 1.84. The third kappa shape index (κ3) is 3.88. The number of H-pyrrole nitrogens is 1. The lowest BCUT2D eigenvalue weighted by Gasteiger charge is -2.09. The first-order valence-corrected chi connectivity index (χ1v) is 7.06. The van der Waals surface area contributed by atoms with Gasteiger partial charge in [-0.2, -0.15) is 0 Å². The Morgan fingerprint density at radius 3 is 2.75 bits per heavy atom. The molecule has 1 aromatic heterocycles. The molecular formula is C15H18N2O2S. The molecule has 5 heteroatoms. The van der Waals surface area contributed by atoms with Gasteiger partial charge in [-0.3, -0.25) is 9.78 Å². The highest BCUT2D eigenvalue weighted by Gasteiger charge is 2.01. The van der Waals surface area contributed by atoms with Crippen LogP contribution in [0.25, 0.3) is 0 Å². The van der Waals surface area contributed by atoms with Crippen molar-refractivity contribution < 1.29 is 4.74 Å². The maximum atomic E-state index is 11.6. The Morgan fingerprint density at radius 1 is 1.30 bits per heavy atom. The molecule has 1 heterocycles. The van der Waals surface area contributed by atoms with Crippen LogP contribution < -0.4 is 5.56 Å². The normalized spacial score (nSPS) is 10.7. The Bertz CT molecular complexity index is 662. The van der Waals surface area contributed by atoms with E-state index in [9.17, 15) is 4.79 Å². The molecule has 0 saturated heterocycles. The van der Waals surface area contributed by atoms with Crippen molar-refractivity contribution in [2.45, 2.75) is 26.5 Å². The van der Waals surface area contributed by atoms with Crippen molar-refractivity contribution >= 4 is 12.2 Å². The Kier molecular flexibility index (Phi) is 5.26. The van der Waals surface area contributed by atoms with Gasteiger partial charge in [0.05, 0.1) is 6.61 Å². The zero-order chi connectivity index (χ0) is 14.4. The number of nitrogens with one attached hydrogen (secondary N) is 1. The molecule has 0 aliphatic carbocycles. The lowest BCUT2D eigenvalue weighted by atomic mass is 10.2. The highest BCUT2D eigenvalue weighted by molar-refractivity contribution is 7.71. The maximum absolute atomic E-state index is 11.6. The Balaban J connectivity index is 1.91. The molecule has 0 unspecified atom stereocenters. The minimum Gasteiger partial charge on any atom is -0.360 e. The van der Waals surface area contributed by atoms with Crippen LogP contribution in [-0.4, -0.2) is 16.2 Å². The molecule has 0 fully saturated rings. The highest BCUT2D eigenvalue weighted by Crippen LogP contribution is 2.01. The van der Waals surface area contributed by atoms with Crippen LogP contribution in [0, 0.1) is 4.77 Å². The number of rotatable bonds is 6. The molecule has 0 spiro atoms. The molecule has 0 saturated carbocycles. The first-order valence-electron chi connectivity index (χ1n) is 6.65. The molecule has 1 aromatic carbocycles. The fourth-order valence-electron chi connectivity index (χ4n) is 1.90. The van der Waals surface area contributed by atoms with Gasteiger partial charge in [0.2, 0.25) is 0 Å². The molecule has 0 bridgehead atoms. The Morgan fingerprint density at radius 2 is 2.05 bits per heavy atom. The van der Waals surface area contributed by atoms with Crippen LogP contribution in [-0.2, 0) is 24.3 Å². The first kappa shape index (κ1) is 14.7. The zero-order valence-electron chi connectivity index (χ0n) is 11.5. The number of aromatic nitrogens is 2. The number of ether oxygens (including phenoxy) is 1. The molecule has 0 radical (unpaired) electrons. The lowest BCUT2D eigenvalue weighted by molar-refractivity contribution is 0.0771. The number of nitrogens with zero attached hydrogens (tertiary/aromatic N) is 1. The summed E-state index contributed by atoms with van der Waals surface area (Å²) in [6.45, 7) is 2.91. The van der Waals surface area contributed by atoms with Gasteiger partial charge in [-0.1, -0.05) is 37.3 Å². The van der Waals surface area contributed by atoms with Crippen LogP contribution in [0.1, 0.15) is 18.1 Å². The Hall–Kier alpha value is -1.72. The second-order valence-electron chi connectivity index (χ2n) is 4.51. The van der Waals surface area contributed by atoms with Crippen molar-refractivity contribution in [3.05, 3.63) is 62.8 Å². The molecule has 2 aromatic rings. The molecule has 0 amide bonds. The second-order valence-corrected chi connectivity index (χ2v) is 4.90. The number of aryl methyl sites for hydroxylation is 1. The zero-order valence-corrected chi connectivity index (χ0v) is 12.3. The number of hydrogen-bond acceptors (Lipinski definition) is 3. The molecule has 0 atom stereocenters. The molecule has 4 nitrogen and oxygen atoms in total. The van der Waals surface area contributed by atoms with E-state index < -0.39 is 0 Å². The summed E-state index contributed by atoms with van der Waals surface area (Å²) in [6.07, 6.45) is 3.30. The predicted molar refractivity (Wildman–Crippen MR) is 81.4 cm³/mol. The molecule has 0 aliphatic rings. The summed E-state index contributed by atoms with van der Waals surface area (Å²) < 4.78 is 7.76. The van der Waals surface area contributed by atoms with Crippen LogP contribution in [0.15, 0.2) is 41.3 Å². The highest BCUT2D eigenvalue weighted by atomic mass is 32.1. The summed E-state index contributed by atoms with van der Waals surface area (Å²) in [5.74, 6) is 0. The van der Waals surface area contributed by atoms with Crippen LogP contribution >= 0.6 is 12.2 Å². The van der Waals surface area contributed by atoms with E-state index in [4.69, 9.17) is 17.0 Å². The van der Waals surface area contributed by atoms with Crippen molar-refractivity contribution in [2.24, 2.45) is 0 Å². The van der Waals surface area contributed by atoms with Gasteiger partial charge >= 0.3 is 0 Å². The summed E-state index contributed by atoms with van der Waals surface area (Å²) in [7, 11) is 0. The first-order chi connectivity index (χ1) is 9.70. The van der Waals surface area contributed by atoms with Crippen molar-refractivity contribution in [1.82, 2.24) is 9.55 Å². The minimum atomic E-state index is -0.113. The van der Waals surface area contributed by atoms with Gasteiger partial charge in [0.25, 0.3) is 5.56 Å². The third-order valence-corrected chi connectivity index (χ3v) is 3.41. The van der Waals surface area contributed by atoms with Gasteiger partial charge in [-0.05, 0) is 30.6 Å². The van der Waals surface area contributed by atoms with E-state index >= 15 is 0 Å². The van der Waals surface area contributed by atoms with Crippen molar-refractivity contribution in [3.63, 3.8) is 0 Å². The van der Waals surface area contributed by atoms with Crippen LogP contribution in [0.2, 0.25) is 0 Å². The number of benzene rings is 1. The van der Waals surface area contributed by atoms with Crippen LogP contribution in [0.4, 0.5) is 0 Å². The van der Waals surface area contributed by atoms with E-state index in [0.29, 0.717) is 30.1 Å². The molecule has 0 aliphatic heterocycles. The quantitative estimate of drug-likeness (QED) is 0.657. The largest absolute Gasteiger partial charge is 0.360 e. The van der Waals surface area contributed by atoms with E-state index in [1.165, 1.54) is 5.56 Å². The topological polar surface area (TPSA) is 47.0 Å². The Labute approximate surface area is 123 Å². The van der Waals surface area contributed by atoms with E-state index in [2.05, 4.69) is 17.1 Å². The summed E-state index contributed by atoms with van der Waals surface area (Å²) in [6, 6.07) is 10.2. The molecule has 1 N–H and O–H groups in total. The predicted octanol–water partition coefficient (Wildman–Crippen LogP) is 2.69. The van der Waals surface area contributed by atoms with E-state index in [1.54, 1.807) is 10.8 Å². The SMILES string of the molecule is CCc1cn(COCCc2ccccc2)c(=S)[nH]c1=O. The smallest absolute Gasteiger partial charge is 0.254 e. The van der Waals surface area contributed by atoms with Crippen molar-refractivity contribution in [3.8, 4) is 0 Å². The van der Waals surface area contributed by atoms with Crippen LogP contribution in [0.3, 0.4) is 0 Å². The summed E-state index contributed by atoms with van der Waals surface area (Å²) in [5, 5.41) is 0. The summed E-state index contributed by atoms with van der Waals surface area (Å²) in [4.78, 5) is 14.2. The maximum Gasteiger partial charge on any atom is 0.254 e. The van der Waals surface area contributed by atoms with Gasteiger partial charge in [-0.15, -0.1) is 0 Å². The van der Waals surface area contributed by atoms with Crippen LogP contribution in [0.5, 0.6) is 0 Å². The van der Waals surface area contributed by atoms with Crippen molar-refractivity contribution in [2.75, 3.05) is 6.61 Å². The second kappa shape index (κ2) is 7.17. The molecule has 20 heavy (non-hydrogen) atoms. The fraction of sp³-hybridized carbons (Fsp3) is 0.333. The van der Waals surface area contributed by atoms with E-state index in [-0.39, 0.29) is 5.56 Å². The average Bonchev–Trinajstić information content (AvgIpc) is 2.46. The van der Waals surface area contributed by atoms with Gasteiger partial charge in [0, 0.05) is 11.8 Å². The monoisotopic (exact) mass is 290 g/mol. The minimum absolute atomic E-state index is 0.113. The van der Waals surface area contributed by atoms with E-state index in [0.717, 1.165) is 6.42 Å². The molecule has 106 valence electrons. The lowest BCUT2D eigenvalue weighted by Crippen LogP contribution is -2.18. The van der Waals surface area contributed by atoms with Gasteiger partial charge in [-0.25, -0.2) is 0 Å². The van der Waals surface area contributed by atoms with Gasteiger partial charge in [0.15, 0.2) is 4.77 Å². The van der Waals surface area contributed by atoms with E-state index in [1.807, 2.05) is 25.1 Å². The van der Waals surface area contributed by atoms with Gasteiger partial charge in [0.1, 0.15) is 6.73 Å². The fourth-order valence-corrected chi connectivity index (χ4v) is 2.10.